The van der Waals surface area contributed by atoms with E-state index in [2.05, 4.69) is 10.1 Å². The van der Waals surface area contributed by atoms with Gasteiger partial charge in [-0.15, -0.1) is 0 Å². The Hall–Kier alpha value is -1.39. The fourth-order valence-electron chi connectivity index (χ4n) is 1.94. The average molecular weight is 266 g/mol. The summed E-state index contributed by atoms with van der Waals surface area (Å²) in [4.78, 5) is 4.05. The molecule has 0 amide bonds. The highest BCUT2D eigenvalue weighted by molar-refractivity contribution is 6.31. The first-order valence-electron chi connectivity index (χ1n) is 6.00. The van der Waals surface area contributed by atoms with Crippen molar-refractivity contribution in [1.82, 2.24) is 14.8 Å². The van der Waals surface area contributed by atoms with Crippen LogP contribution >= 0.6 is 11.6 Å². The second kappa shape index (κ2) is 5.98. The van der Waals surface area contributed by atoms with E-state index in [4.69, 9.17) is 11.6 Å². The van der Waals surface area contributed by atoms with E-state index in [0.717, 1.165) is 12.0 Å². The first-order valence-corrected chi connectivity index (χ1v) is 6.38. The van der Waals surface area contributed by atoms with Gasteiger partial charge in [0.05, 0.1) is 23.0 Å². The van der Waals surface area contributed by atoms with Crippen molar-refractivity contribution >= 4 is 11.6 Å². The standard InChI is InChI=1S/C13H16ClN3O/c1-2-17-13(11(14)9-16-17)12(18)6-5-10-4-3-7-15-8-10/h3-4,7-9,12,18H,2,5-6H2,1H3. The summed E-state index contributed by atoms with van der Waals surface area (Å²) in [7, 11) is 0. The third-order valence-electron chi connectivity index (χ3n) is 2.88. The van der Waals surface area contributed by atoms with Crippen LogP contribution in [0.5, 0.6) is 0 Å². The molecule has 96 valence electrons. The molecule has 5 heteroatoms. The lowest BCUT2D eigenvalue weighted by molar-refractivity contribution is 0.157. The number of rotatable bonds is 5. The molecule has 0 saturated carbocycles. The van der Waals surface area contributed by atoms with Gasteiger partial charge in [0, 0.05) is 18.9 Å². The molecule has 2 aromatic heterocycles. The van der Waals surface area contributed by atoms with Crippen molar-refractivity contribution < 1.29 is 5.11 Å². The van der Waals surface area contributed by atoms with Crippen molar-refractivity contribution in [3.8, 4) is 0 Å². The quantitative estimate of drug-likeness (QED) is 0.904. The van der Waals surface area contributed by atoms with Crippen molar-refractivity contribution in [2.75, 3.05) is 0 Å². The highest BCUT2D eigenvalue weighted by Gasteiger charge is 2.17. The van der Waals surface area contributed by atoms with Gasteiger partial charge in [0.15, 0.2) is 0 Å². The van der Waals surface area contributed by atoms with E-state index in [1.807, 2.05) is 25.3 Å². The molecule has 0 saturated heterocycles. The van der Waals surface area contributed by atoms with Crippen molar-refractivity contribution in [1.29, 1.82) is 0 Å². The van der Waals surface area contributed by atoms with Crippen molar-refractivity contribution in [3.05, 3.63) is 47.0 Å². The maximum absolute atomic E-state index is 10.2. The van der Waals surface area contributed by atoms with Gasteiger partial charge in [-0.05, 0) is 31.4 Å². The molecule has 0 bridgehead atoms. The Morgan fingerprint density at radius 3 is 2.94 bits per heavy atom. The van der Waals surface area contributed by atoms with Gasteiger partial charge in [-0.3, -0.25) is 9.67 Å². The monoisotopic (exact) mass is 265 g/mol. The maximum atomic E-state index is 10.2. The Balaban J connectivity index is 2.03. The highest BCUT2D eigenvalue weighted by atomic mass is 35.5. The van der Waals surface area contributed by atoms with Crippen LogP contribution < -0.4 is 0 Å². The molecular formula is C13H16ClN3O. The molecule has 1 N–H and O–H groups in total. The van der Waals surface area contributed by atoms with E-state index >= 15 is 0 Å². The van der Waals surface area contributed by atoms with Crippen LogP contribution in [0.15, 0.2) is 30.7 Å². The summed E-state index contributed by atoms with van der Waals surface area (Å²) in [6, 6.07) is 3.89. The molecule has 2 heterocycles. The zero-order valence-electron chi connectivity index (χ0n) is 10.3. The summed E-state index contributed by atoms with van der Waals surface area (Å²) in [5, 5.41) is 14.8. The number of pyridine rings is 1. The molecule has 4 nitrogen and oxygen atoms in total. The lowest BCUT2D eigenvalue weighted by Crippen LogP contribution is -2.09. The summed E-state index contributed by atoms with van der Waals surface area (Å²) in [5.41, 5.74) is 1.80. The van der Waals surface area contributed by atoms with Crippen LogP contribution in [0.25, 0.3) is 0 Å². The predicted octanol–water partition coefficient (Wildman–Crippen LogP) is 2.62. The molecule has 0 radical (unpaired) electrons. The SMILES string of the molecule is CCn1ncc(Cl)c1C(O)CCc1cccnc1. The third-order valence-corrected chi connectivity index (χ3v) is 3.17. The average Bonchev–Trinajstić information content (AvgIpc) is 2.78. The van der Waals surface area contributed by atoms with Crippen LogP contribution in [0.2, 0.25) is 5.02 Å². The molecule has 0 spiro atoms. The second-order valence-electron chi connectivity index (χ2n) is 4.11. The van der Waals surface area contributed by atoms with Gasteiger partial charge in [0.25, 0.3) is 0 Å². The molecule has 0 aromatic carbocycles. The van der Waals surface area contributed by atoms with Crippen LogP contribution in [0.4, 0.5) is 0 Å². The second-order valence-corrected chi connectivity index (χ2v) is 4.52. The van der Waals surface area contributed by atoms with Gasteiger partial charge in [-0.25, -0.2) is 0 Å². The molecule has 0 aliphatic heterocycles. The van der Waals surface area contributed by atoms with Crippen molar-refractivity contribution in [2.45, 2.75) is 32.4 Å². The third kappa shape index (κ3) is 2.89. The number of hydrogen-bond donors (Lipinski definition) is 1. The van der Waals surface area contributed by atoms with Crippen LogP contribution in [0.3, 0.4) is 0 Å². The van der Waals surface area contributed by atoms with E-state index < -0.39 is 6.10 Å². The predicted molar refractivity (Wildman–Crippen MR) is 70.4 cm³/mol. The van der Waals surface area contributed by atoms with Crippen LogP contribution in [0, 0.1) is 0 Å². The minimum Gasteiger partial charge on any atom is -0.387 e. The lowest BCUT2D eigenvalue weighted by Gasteiger charge is -2.13. The summed E-state index contributed by atoms with van der Waals surface area (Å²) in [5.74, 6) is 0. The van der Waals surface area contributed by atoms with E-state index in [1.165, 1.54) is 0 Å². The Labute approximate surface area is 111 Å². The molecule has 18 heavy (non-hydrogen) atoms. The van der Waals surface area contributed by atoms with Crippen molar-refractivity contribution in [2.24, 2.45) is 0 Å². The molecule has 0 aliphatic rings. The van der Waals surface area contributed by atoms with E-state index in [0.29, 0.717) is 23.7 Å². The Morgan fingerprint density at radius 2 is 2.28 bits per heavy atom. The van der Waals surface area contributed by atoms with E-state index in [9.17, 15) is 5.11 Å². The summed E-state index contributed by atoms with van der Waals surface area (Å²) < 4.78 is 1.73. The molecule has 0 aliphatic carbocycles. The molecule has 2 rings (SSSR count). The summed E-state index contributed by atoms with van der Waals surface area (Å²) in [6.45, 7) is 2.67. The highest BCUT2D eigenvalue weighted by Crippen LogP contribution is 2.26. The molecule has 1 atom stereocenters. The number of hydrogen-bond acceptors (Lipinski definition) is 3. The number of aliphatic hydroxyl groups excluding tert-OH is 1. The lowest BCUT2D eigenvalue weighted by atomic mass is 10.1. The maximum Gasteiger partial charge on any atom is 0.0975 e. The number of aliphatic hydroxyl groups is 1. The number of nitrogens with zero attached hydrogens (tertiary/aromatic N) is 3. The Bertz CT molecular complexity index is 498. The molecule has 1 unspecified atom stereocenters. The van der Waals surface area contributed by atoms with Crippen molar-refractivity contribution in [3.63, 3.8) is 0 Å². The molecule has 2 aromatic rings. The van der Waals surface area contributed by atoms with Gasteiger partial charge < -0.3 is 5.11 Å². The molecule has 0 fully saturated rings. The fourth-order valence-corrected chi connectivity index (χ4v) is 2.21. The van der Waals surface area contributed by atoms with Crippen LogP contribution in [-0.2, 0) is 13.0 Å². The van der Waals surface area contributed by atoms with Gasteiger partial charge in [0.1, 0.15) is 0 Å². The largest absolute Gasteiger partial charge is 0.387 e. The van der Waals surface area contributed by atoms with E-state index in [-0.39, 0.29) is 0 Å². The summed E-state index contributed by atoms with van der Waals surface area (Å²) in [6.07, 6.45) is 5.90. The topological polar surface area (TPSA) is 50.9 Å². The number of aryl methyl sites for hydroxylation is 2. The van der Waals surface area contributed by atoms with Gasteiger partial charge >= 0.3 is 0 Å². The van der Waals surface area contributed by atoms with Gasteiger partial charge in [0.2, 0.25) is 0 Å². The zero-order chi connectivity index (χ0) is 13.0. The summed E-state index contributed by atoms with van der Waals surface area (Å²) >= 11 is 6.04. The van der Waals surface area contributed by atoms with Gasteiger partial charge in [-0.1, -0.05) is 17.7 Å². The van der Waals surface area contributed by atoms with Gasteiger partial charge in [-0.2, -0.15) is 5.10 Å². The smallest absolute Gasteiger partial charge is 0.0975 e. The number of aromatic nitrogens is 3. The van der Waals surface area contributed by atoms with Crippen LogP contribution in [-0.4, -0.2) is 19.9 Å². The normalized spacial score (nSPS) is 12.6. The Morgan fingerprint density at radius 1 is 1.44 bits per heavy atom. The minimum atomic E-state index is -0.597. The fraction of sp³-hybridized carbons (Fsp3) is 0.385. The minimum absolute atomic E-state index is 0.524. The number of halogens is 1. The Kier molecular flexibility index (Phi) is 4.33. The zero-order valence-corrected chi connectivity index (χ0v) is 11.0. The van der Waals surface area contributed by atoms with E-state index in [1.54, 1.807) is 17.1 Å². The van der Waals surface area contributed by atoms with Crippen LogP contribution in [0.1, 0.15) is 30.7 Å². The molecular weight excluding hydrogens is 250 g/mol. The first-order chi connectivity index (χ1) is 8.72. The first kappa shape index (κ1) is 13.1.